The van der Waals surface area contributed by atoms with Crippen LogP contribution in [-0.2, 0) is 9.47 Å². The lowest BCUT2D eigenvalue weighted by molar-refractivity contribution is -0.181. The van der Waals surface area contributed by atoms with Crippen molar-refractivity contribution in [1.29, 1.82) is 0 Å². The van der Waals surface area contributed by atoms with Crippen molar-refractivity contribution in [2.75, 3.05) is 26.3 Å². The Balaban J connectivity index is 1.69. The molecule has 0 aromatic heterocycles. The second-order valence-corrected chi connectivity index (χ2v) is 5.72. The van der Waals surface area contributed by atoms with Gasteiger partial charge < -0.3 is 14.4 Å². The van der Waals surface area contributed by atoms with Crippen LogP contribution in [0.25, 0.3) is 0 Å². The van der Waals surface area contributed by atoms with Gasteiger partial charge in [-0.05, 0) is 25.5 Å². The highest BCUT2D eigenvalue weighted by molar-refractivity contribution is 5.95. The van der Waals surface area contributed by atoms with Crippen LogP contribution >= 0.6 is 0 Å². The molecule has 2 aliphatic rings. The molecular weight excluding hydrogens is 254 g/mol. The number of hydrogen-bond donors (Lipinski definition) is 0. The molecule has 0 unspecified atom stereocenters. The minimum absolute atomic E-state index is 0.121. The molecule has 4 nitrogen and oxygen atoms in total. The van der Waals surface area contributed by atoms with E-state index in [9.17, 15) is 4.79 Å². The van der Waals surface area contributed by atoms with E-state index in [2.05, 4.69) is 6.07 Å². The third-order valence-corrected chi connectivity index (χ3v) is 4.24. The molecule has 0 aliphatic carbocycles. The van der Waals surface area contributed by atoms with E-state index in [4.69, 9.17) is 9.47 Å². The lowest BCUT2D eigenvalue weighted by atomic mass is 10.0. The summed E-state index contributed by atoms with van der Waals surface area (Å²) in [5, 5.41) is 0. The summed E-state index contributed by atoms with van der Waals surface area (Å²) in [4.78, 5) is 14.5. The van der Waals surface area contributed by atoms with Gasteiger partial charge in [-0.1, -0.05) is 17.7 Å². The lowest BCUT2D eigenvalue weighted by Crippen LogP contribution is -2.47. The fourth-order valence-corrected chi connectivity index (χ4v) is 3.06. The number of likely N-dealkylation sites (tertiary alicyclic amines) is 1. The van der Waals surface area contributed by atoms with E-state index in [1.807, 2.05) is 30.9 Å². The predicted molar refractivity (Wildman–Crippen MR) is 75.7 cm³/mol. The lowest BCUT2D eigenvalue weighted by Gasteiger charge is -2.37. The van der Waals surface area contributed by atoms with Crippen LogP contribution in [0.1, 0.15) is 34.3 Å². The van der Waals surface area contributed by atoms with Gasteiger partial charge in [0.25, 0.3) is 5.91 Å². The molecule has 108 valence electrons. The van der Waals surface area contributed by atoms with Gasteiger partial charge in [-0.25, -0.2) is 0 Å². The van der Waals surface area contributed by atoms with Crippen LogP contribution < -0.4 is 0 Å². The molecule has 0 bridgehead atoms. The molecule has 3 rings (SSSR count). The monoisotopic (exact) mass is 275 g/mol. The first kappa shape index (κ1) is 13.6. The van der Waals surface area contributed by atoms with Gasteiger partial charge in [0.2, 0.25) is 0 Å². The Morgan fingerprint density at radius 1 is 1.15 bits per heavy atom. The van der Waals surface area contributed by atoms with E-state index >= 15 is 0 Å². The Bertz CT molecular complexity index is 510. The maximum atomic E-state index is 12.6. The Labute approximate surface area is 119 Å². The number of piperidine rings is 1. The van der Waals surface area contributed by atoms with Crippen molar-refractivity contribution in [3.05, 3.63) is 34.9 Å². The van der Waals surface area contributed by atoms with Gasteiger partial charge >= 0.3 is 0 Å². The number of amides is 1. The van der Waals surface area contributed by atoms with Crippen molar-refractivity contribution in [3.63, 3.8) is 0 Å². The summed E-state index contributed by atoms with van der Waals surface area (Å²) in [7, 11) is 0. The normalized spacial score (nSPS) is 21.4. The minimum atomic E-state index is -0.418. The molecule has 1 aromatic rings. The molecule has 2 aliphatic heterocycles. The van der Waals surface area contributed by atoms with Crippen molar-refractivity contribution in [2.45, 2.75) is 32.5 Å². The summed E-state index contributed by atoms with van der Waals surface area (Å²) in [6.45, 7) is 6.78. The van der Waals surface area contributed by atoms with Gasteiger partial charge in [0.15, 0.2) is 5.79 Å². The first-order valence-electron chi connectivity index (χ1n) is 7.24. The van der Waals surface area contributed by atoms with Gasteiger partial charge in [-0.2, -0.15) is 0 Å². The van der Waals surface area contributed by atoms with Gasteiger partial charge in [-0.15, -0.1) is 0 Å². The molecule has 4 heteroatoms. The standard InChI is InChI=1S/C16H21NO3/c1-12-3-4-14(13(2)11-12)15(18)17-7-5-16(6-8-17)19-9-10-20-16/h3-4,11H,5-10H2,1-2H3. The summed E-state index contributed by atoms with van der Waals surface area (Å²) >= 11 is 0. The van der Waals surface area contributed by atoms with Crippen molar-refractivity contribution in [1.82, 2.24) is 4.90 Å². The highest BCUT2D eigenvalue weighted by Crippen LogP contribution is 2.31. The molecule has 0 N–H and O–H groups in total. The molecule has 20 heavy (non-hydrogen) atoms. The van der Waals surface area contributed by atoms with Crippen molar-refractivity contribution < 1.29 is 14.3 Å². The van der Waals surface area contributed by atoms with Crippen LogP contribution in [0.15, 0.2) is 18.2 Å². The third-order valence-electron chi connectivity index (χ3n) is 4.24. The van der Waals surface area contributed by atoms with Crippen molar-refractivity contribution >= 4 is 5.91 Å². The maximum Gasteiger partial charge on any atom is 0.254 e. The number of carbonyl (C=O) groups excluding carboxylic acids is 1. The zero-order valence-electron chi connectivity index (χ0n) is 12.1. The van der Waals surface area contributed by atoms with E-state index < -0.39 is 5.79 Å². The SMILES string of the molecule is Cc1ccc(C(=O)N2CCC3(CC2)OCCO3)c(C)c1. The quantitative estimate of drug-likeness (QED) is 0.789. The fraction of sp³-hybridized carbons (Fsp3) is 0.562. The Morgan fingerprint density at radius 3 is 2.40 bits per heavy atom. The first-order chi connectivity index (χ1) is 9.60. The number of hydrogen-bond acceptors (Lipinski definition) is 3. The maximum absolute atomic E-state index is 12.6. The summed E-state index contributed by atoms with van der Waals surface area (Å²) in [6.07, 6.45) is 1.54. The van der Waals surface area contributed by atoms with E-state index in [0.29, 0.717) is 26.3 Å². The Kier molecular flexibility index (Phi) is 3.52. The van der Waals surface area contributed by atoms with E-state index in [-0.39, 0.29) is 5.91 Å². The topological polar surface area (TPSA) is 38.8 Å². The van der Waals surface area contributed by atoms with Gasteiger partial charge in [-0.3, -0.25) is 4.79 Å². The number of nitrogens with zero attached hydrogens (tertiary/aromatic N) is 1. The molecule has 0 atom stereocenters. The first-order valence-corrected chi connectivity index (χ1v) is 7.24. The van der Waals surface area contributed by atoms with Crippen LogP contribution in [0, 0.1) is 13.8 Å². The van der Waals surface area contributed by atoms with E-state index in [1.165, 1.54) is 5.56 Å². The fourth-order valence-electron chi connectivity index (χ4n) is 3.06. The highest BCUT2D eigenvalue weighted by atomic mass is 16.7. The second kappa shape index (κ2) is 5.19. The predicted octanol–water partition coefficient (Wildman–Crippen LogP) is 2.28. The number of rotatable bonds is 1. The smallest absolute Gasteiger partial charge is 0.254 e. The number of benzene rings is 1. The summed E-state index contributed by atoms with van der Waals surface area (Å²) < 4.78 is 11.4. The van der Waals surface area contributed by atoms with Gasteiger partial charge in [0.1, 0.15) is 0 Å². The number of ether oxygens (including phenoxy) is 2. The average molecular weight is 275 g/mol. The molecule has 1 spiro atoms. The number of aryl methyl sites for hydroxylation is 2. The molecule has 0 saturated carbocycles. The Hall–Kier alpha value is -1.39. The minimum Gasteiger partial charge on any atom is -0.347 e. The van der Waals surface area contributed by atoms with Crippen LogP contribution in [0.3, 0.4) is 0 Å². The molecule has 1 aromatic carbocycles. The summed E-state index contributed by atoms with van der Waals surface area (Å²) in [5.41, 5.74) is 3.04. The van der Waals surface area contributed by atoms with Gasteiger partial charge in [0.05, 0.1) is 13.2 Å². The summed E-state index contributed by atoms with van der Waals surface area (Å²) in [5.74, 6) is -0.297. The zero-order valence-corrected chi connectivity index (χ0v) is 12.1. The van der Waals surface area contributed by atoms with E-state index in [0.717, 1.165) is 24.0 Å². The second-order valence-electron chi connectivity index (χ2n) is 5.72. The van der Waals surface area contributed by atoms with E-state index in [1.54, 1.807) is 0 Å². The van der Waals surface area contributed by atoms with Crippen molar-refractivity contribution in [3.8, 4) is 0 Å². The van der Waals surface area contributed by atoms with Crippen molar-refractivity contribution in [2.24, 2.45) is 0 Å². The molecular formula is C16H21NO3. The molecule has 1 amide bonds. The molecule has 2 fully saturated rings. The molecule has 0 radical (unpaired) electrons. The zero-order chi connectivity index (χ0) is 14.2. The van der Waals surface area contributed by atoms with Crippen LogP contribution in [0.2, 0.25) is 0 Å². The number of carbonyl (C=O) groups is 1. The summed E-state index contributed by atoms with van der Waals surface area (Å²) in [6, 6.07) is 5.98. The van der Waals surface area contributed by atoms with Crippen LogP contribution in [-0.4, -0.2) is 42.9 Å². The largest absolute Gasteiger partial charge is 0.347 e. The highest BCUT2D eigenvalue weighted by Gasteiger charge is 2.40. The molecule has 2 saturated heterocycles. The Morgan fingerprint density at radius 2 is 1.80 bits per heavy atom. The van der Waals surface area contributed by atoms with Crippen LogP contribution in [0.5, 0.6) is 0 Å². The van der Waals surface area contributed by atoms with Gasteiger partial charge in [0, 0.05) is 31.5 Å². The molecule has 2 heterocycles. The van der Waals surface area contributed by atoms with Crippen LogP contribution in [0.4, 0.5) is 0 Å². The third kappa shape index (κ3) is 2.45. The average Bonchev–Trinajstić information content (AvgIpc) is 2.87.